The van der Waals surface area contributed by atoms with E-state index in [4.69, 9.17) is 0 Å². The highest BCUT2D eigenvalue weighted by molar-refractivity contribution is 4.86. The molecule has 0 heterocycles. The van der Waals surface area contributed by atoms with Gasteiger partial charge in [0, 0.05) is 0 Å². The molecule has 0 fully saturated rings. The van der Waals surface area contributed by atoms with E-state index in [0.717, 1.165) is 0 Å². The Bertz CT molecular complexity index is 180. The lowest BCUT2D eigenvalue weighted by molar-refractivity contribution is 0.535. The third-order valence-electron chi connectivity index (χ3n) is 3.96. The van der Waals surface area contributed by atoms with Crippen LogP contribution in [0.25, 0.3) is 0 Å². The lowest BCUT2D eigenvalue weighted by atomic mass is 10.0. The number of rotatable bonds is 15. The van der Waals surface area contributed by atoms with Crippen LogP contribution in [-0.4, -0.2) is 0 Å². The van der Waals surface area contributed by atoms with Crippen LogP contribution in [-0.2, 0) is 0 Å². The smallest absolute Gasteiger partial charge is 0.0326 e. The molecule has 0 radical (unpaired) electrons. The van der Waals surface area contributed by atoms with Gasteiger partial charge in [-0.2, -0.15) is 0 Å². The summed E-state index contributed by atoms with van der Waals surface area (Å²) in [6.07, 6.45) is 21.4. The molecular formula is C19H38. The molecule has 19 heavy (non-hydrogen) atoms. The average Bonchev–Trinajstić information content (AvgIpc) is 2.39. The van der Waals surface area contributed by atoms with Crippen LogP contribution in [0.1, 0.15) is 110 Å². The molecule has 0 bridgehead atoms. The molecule has 0 saturated heterocycles. The van der Waals surface area contributed by atoms with E-state index in [2.05, 4.69) is 20.4 Å². The number of unbranched alkanes of at least 4 members (excludes halogenated alkanes) is 13. The van der Waals surface area contributed by atoms with Crippen LogP contribution < -0.4 is 0 Å². The summed E-state index contributed by atoms with van der Waals surface area (Å²) >= 11 is 0. The Labute approximate surface area is 123 Å². The van der Waals surface area contributed by atoms with Gasteiger partial charge in [-0.05, 0) is 19.8 Å². The molecule has 0 aliphatic carbocycles. The molecule has 0 rings (SSSR count). The van der Waals surface area contributed by atoms with Gasteiger partial charge < -0.3 is 0 Å². The van der Waals surface area contributed by atoms with Crippen molar-refractivity contribution in [3.8, 4) is 0 Å². The van der Waals surface area contributed by atoms with E-state index in [1.807, 2.05) is 0 Å². The van der Waals surface area contributed by atoms with Crippen LogP contribution in [0.4, 0.5) is 0 Å². The Morgan fingerprint density at radius 1 is 0.579 bits per heavy atom. The van der Waals surface area contributed by atoms with Crippen molar-refractivity contribution in [2.75, 3.05) is 0 Å². The van der Waals surface area contributed by atoms with Crippen molar-refractivity contribution in [1.82, 2.24) is 0 Å². The van der Waals surface area contributed by atoms with E-state index in [1.54, 1.807) is 0 Å². The summed E-state index contributed by atoms with van der Waals surface area (Å²) in [5, 5.41) is 0. The molecule has 0 atom stereocenters. The first-order valence-corrected chi connectivity index (χ1v) is 8.91. The van der Waals surface area contributed by atoms with E-state index in [9.17, 15) is 0 Å². The molecule has 0 aliphatic rings. The summed E-state index contributed by atoms with van der Waals surface area (Å²) in [5.74, 6) is 0. The van der Waals surface area contributed by atoms with Crippen molar-refractivity contribution in [1.29, 1.82) is 0 Å². The van der Waals surface area contributed by atoms with Crippen molar-refractivity contribution in [3.63, 3.8) is 0 Å². The molecule has 0 N–H and O–H groups in total. The van der Waals surface area contributed by atoms with Gasteiger partial charge in [0.25, 0.3) is 0 Å². The molecule has 0 aromatic carbocycles. The van der Waals surface area contributed by atoms with Gasteiger partial charge in [-0.1, -0.05) is 96.0 Å². The predicted molar refractivity (Wildman–Crippen MR) is 89.7 cm³/mol. The van der Waals surface area contributed by atoms with Gasteiger partial charge in [0.1, 0.15) is 0 Å². The molecule has 0 aromatic heterocycles. The molecule has 0 nitrogen and oxygen atoms in total. The second-order valence-corrected chi connectivity index (χ2v) is 6.30. The molecule has 0 unspecified atom stereocenters. The fourth-order valence-corrected chi connectivity index (χ4v) is 2.62. The Balaban J connectivity index is 2.93. The van der Waals surface area contributed by atoms with Gasteiger partial charge in [0.2, 0.25) is 0 Å². The zero-order valence-electron chi connectivity index (χ0n) is 13.8. The van der Waals surface area contributed by atoms with Gasteiger partial charge >= 0.3 is 0 Å². The van der Waals surface area contributed by atoms with Crippen LogP contribution in [0, 0.1) is 0 Å². The SMILES string of the molecule is C=C(C)CCCCCCCCCCCCCCCC. The van der Waals surface area contributed by atoms with Crippen molar-refractivity contribution in [3.05, 3.63) is 12.2 Å². The first-order valence-electron chi connectivity index (χ1n) is 8.91. The van der Waals surface area contributed by atoms with Crippen molar-refractivity contribution >= 4 is 0 Å². The zero-order valence-corrected chi connectivity index (χ0v) is 13.8. The van der Waals surface area contributed by atoms with Crippen molar-refractivity contribution in [2.24, 2.45) is 0 Å². The van der Waals surface area contributed by atoms with Gasteiger partial charge in [-0.3, -0.25) is 0 Å². The van der Waals surface area contributed by atoms with Crippen LogP contribution in [0.2, 0.25) is 0 Å². The fourth-order valence-electron chi connectivity index (χ4n) is 2.62. The minimum atomic E-state index is 1.23. The Morgan fingerprint density at radius 2 is 0.895 bits per heavy atom. The highest BCUT2D eigenvalue weighted by atomic mass is 14.0. The van der Waals surface area contributed by atoms with Crippen molar-refractivity contribution in [2.45, 2.75) is 110 Å². The second kappa shape index (κ2) is 15.8. The first-order chi connectivity index (χ1) is 9.27. The second-order valence-electron chi connectivity index (χ2n) is 6.30. The molecule has 0 saturated carbocycles. The minimum absolute atomic E-state index is 1.23. The summed E-state index contributed by atoms with van der Waals surface area (Å²) in [7, 11) is 0. The molecule has 0 aromatic rings. The molecule has 114 valence electrons. The normalized spacial score (nSPS) is 10.8. The maximum Gasteiger partial charge on any atom is -0.0326 e. The molecule has 0 amide bonds. The van der Waals surface area contributed by atoms with E-state index < -0.39 is 0 Å². The standard InChI is InChI=1S/C19H38/c1-4-5-6-7-8-9-10-11-12-13-14-15-16-17-18-19(2)3/h2,4-18H2,1,3H3. The summed E-state index contributed by atoms with van der Waals surface area (Å²) in [5.41, 5.74) is 1.35. The molecule has 0 heteroatoms. The quantitative estimate of drug-likeness (QED) is 0.213. The summed E-state index contributed by atoms with van der Waals surface area (Å²) in [6, 6.07) is 0. The van der Waals surface area contributed by atoms with Crippen LogP contribution in [0.3, 0.4) is 0 Å². The van der Waals surface area contributed by atoms with E-state index in [0.29, 0.717) is 0 Å². The average molecular weight is 267 g/mol. The van der Waals surface area contributed by atoms with Crippen LogP contribution >= 0.6 is 0 Å². The van der Waals surface area contributed by atoms with Crippen molar-refractivity contribution < 1.29 is 0 Å². The lowest BCUT2D eigenvalue weighted by Crippen LogP contribution is -1.83. The third-order valence-corrected chi connectivity index (χ3v) is 3.96. The molecule has 0 aliphatic heterocycles. The van der Waals surface area contributed by atoms with E-state index in [-0.39, 0.29) is 0 Å². The highest BCUT2D eigenvalue weighted by Gasteiger charge is 1.94. The number of allylic oxidation sites excluding steroid dienone is 1. The Morgan fingerprint density at radius 3 is 1.21 bits per heavy atom. The summed E-state index contributed by atoms with van der Waals surface area (Å²) in [4.78, 5) is 0. The number of hydrogen-bond acceptors (Lipinski definition) is 0. The minimum Gasteiger partial charge on any atom is -0.100 e. The maximum atomic E-state index is 3.95. The van der Waals surface area contributed by atoms with Crippen LogP contribution in [0.15, 0.2) is 12.2 Å². The largest absolute Gasteiger partial charge is 0.100 e. The van der Waals surface area contributed by atoms with E-state index in [1.165, 1.54) is 102 Å². The van der Waals surface area contributed by atoms with Gasteiger partial charge in [0.05, 0.1) is 0 Å². The molecule has 0 spiro atoms. The van der Waals surface area contributed by atoms with Gasteiger partial charge in [0.15, 0.2) is 0 Å². The van der Waals surface area contributed by atoms with E-state index >= 15 is 0 Å². The van der Waals surface area contributed by atoms with Gasteiger partial charge in [-0.25, -0.2) is 0 Å². The maximum absolute atomic E-state index is 3.95. The first kappa shape index (κ1) is 18.7. The Hall–Kier alpha value is -0.260. The summed E-state index contributed by atoms with van der Waals surface area (Å²) in [6.45, 7) is 8.39. The third kappa shape index (κ3) is 17.7. The fraction of sp³-hybridized carbons (Fsp3) is 0.895. The lowest BCUT2D eigenvalue weighted by Gasteiger charge is -2.03. The van der Waals surface area contributed by atoms with Gasteiger partial charge in [-0.15, -0.1) is 6.58 Å². The molecular weight excluding hydrogens is 228 g/mol. The topological polar surface area (TPSA) is 0 Å². The highest BCUT2D eigenvalue weighted by Crippen LogP contribution is 2.14. The Kier molecular flexibility index (Phi) is 15.6. The predicted octanol–water partition coefficient (Wildman–Crippen LogP) is 7.43. The monoisotopic (exact) mass is 266 g/mol. The summed E-state index contributed by atoms with van der Waals surface area (Å²) < 4.78 is 0. The van der Waals surface area contributed by atoms with Crippen LogP contribution in [0.5, 0.6) is 0 Å². The zero-order chi connectivity index (χ0) is 14.2. The number of hydrogen-bond donors (Lipinski definition) is 0.